The van der Waals surface area contributed by atoms with Gasteiger partial charge in [-0.3, -0.25) is 9.69 Å². The maximum atomic E-state index is 10.8. The normalized spacial score (nSPS) is 20.1. The van der Waals surface area contributed by atoms with Crippen molar-refractivity contribution in [2.45, 2.75) is 25.3 Å². The number of carbonyl (C=O) groups is 1. The van der Waals surface area contributed by atoms with Crippen LogP contribution in [0.15, 0.2) is 60.7 Å². The second kappa shape index (κ2) is 10.8. The van der Waals surface area contributed by atoms with Crippen LogP contribution in [0, 0.1) is 0 Å². The van der Waals surface area contributed by atoms with Crippen LogP contribution in [0.3, 0.4) is 0 Å². The molecule has 0 saturated carbocycles. The zero-order valence-corrected chi connectivity index (χ0v) is 16.5. The van der Waals surface area contributed by atoms with Gasteiger partial charge in [-0.15, -0.1) is 0 Å². The van der Waals surface area contributed by atoms with E-state index in [1.807, 2.05) is 18.2 Å². The molecule has 2 aromatic carbocycles. The molecule has 2 aliphatic rings. The fraction of sp³-hybridized carbons (Fsp3) is 0.435. The smallest absolute Gasteiger partial charge is 0.317 e. The Morgan fingerprint density at radius 2 is 1.57 bits per heavy atom. The van der Waals surface area contributed by atoms with Crippen molar-refractivity contribution in [2.24, 2.45) is 0 Å². The number of piperidine rings is 1. The van der Waals surface area contributed by atoms with Gasteiger partial charge in [-0.05, 0) is 37.1 Å². The van der Waals surface area contributed by atoms with Crippen LogP contribution in [0.4, 0.5) is 5.69 Å². The van der Waals surface area contributed by atoms with E-state index in [1.165, 1.54) is 17.7 Å². The lowest BCUT2D eigenvalue weighted by Crippen LogP contribution is -2.43. The van der Waals surface area contributed by atoms with Crippen molar-refractivity contribution >= 4 is 11.7 Å². The molecule has 0 radical (unpaired) electrons. The predicted octanol–water partition coefficient (Wildman–Crippen LogP) is 3.39. The summed E-state index contributed by atoms with van der Waals surface area (Å²) in [7, 11) is 0. The van der Waals surface area contributed by atoms with Gasteiger partial charge in [-0.2, -0.15) is 0 Å². The van der Waals surface area contributed by atoms with E-state index in [4.69, 9.17) is 5.11 Å². The number of hydrogen-bond acceptors (Lipinski definition) is 4. The van der Waals surface area contributed by atoms with Gasteiger partial charge >= 0.3 is 5.97 Å². The molecule has 150 valence electrons. The van der Waals surface area contributed by atoms with Crippen molar-refractivity contribution in [3.8, 4) is 0 Å². The number of piperazine rings is 1. The molecule has 0 amide bonds. The highest BCUT2D eigenvalue weighted by molar-refractivity contribution is 5.69. The minimum absolute atomic E-state index is 0.152. The van der Waals surface area contributed by atoms with Crippen molar-refractivity contribution in [3.05, 3.63) is 66.2 Å². The monoisotopic (exact) mass is 381 g/mol. The number of nitrogens with zero attached hydrogens (tertiary/aromatic N) is 2. The van der Waals surface area contributed by atoms with Gasteiger partial charge in [0.15, 0.2) is 0 Å². The molecule has 28 heavy (non-hydrogen) atoms. The summed E-state index contributed by atoms with van der Waals surface area (Å²) in [6, 6.07) is 21.1. The zero-order valence-electron chi connectivity index (χ0n) is 16.5. The lowest BCUT2D eigenvalue weighted by molar-refractivity contribution is -0.139. The average molecular weight is 382 g/mol. The van der Waals surface area contributed by atoms with Crippen LogP contribution in [-0.2, 0) is 4.79 Å². The summed E-state index contributed by atoms with van der Waals surface area (Å²) >= 11 is 0. The van der Waals surface area contributed by atoms with Crippen LogP contribution in [0.5, 0.6) is 0 Å². The van der Waals surface area contributed by atoms with Crippen LogP contribution in [0.1, 0.15) is 30.9 Å². The highest BCUT2D eigenvalue weighted by Crippen LogP contribution is 2.30. The molecular formula is C23H31N3O2. The molecule has 0 aliphatic carbocycles. The molecule has 2 saturated heterocycles. The molecule has 2 aromatic rings. The Morgan fingerprint density at radius 3 is 2.21 bits per heavy atom. The first kappa shape index (κ1) is 20.4. The summed E-state index contributed by atoms with van der Waals surface area (Å²) in [6.45, 7) is 5.52. The maximum absolute atomic E-state index is 10.8. The SMILES string of the molecule is O=C(O)CN1CCCCC1c1ccccc1.c1ccc(N2CCNCC2)cc1. The van der Waals surface area contributed by atoms with E-state index in [1.54, 1.807) is 0 Å². The van der Waals surface area contributed by atoms with E-state index in [0.717, 1.165) is 45.6 Å². The zero-order chi connectivity index (χ0) is 19.6. The Labute approximate surface area is 168 Å². The first-order valence-electron chi connectivity index (χ1n) is 10.3. The van der Waals surface area contributed by atoms with E-state index in [9.17, 15) is 4.79 Å². The Hall–Kier alpha value is -2.37. The van der Waals surface area contributed by atoms with Gasteiger partial charge in [-0.1, -0.05) is 55.0 Å². The molecule has 2 N–H and O–H groups in total. The number of aliphatic carboxylic acids is 1. The van der Waals surface area contributed by atoms with Crippen molar-refractivity contribution in [2.75, 3.05) is 44.2 Å². The number of carboxylic acids is 1. The lowest BCUT2D eigenvalue weighted by atomic mass is 9.95. The van der Waals surface area contributed by atoms with Gasteiger partial charge < -0.3 is 15.3 Å². The number of benzene rings is 2. The van der Waals surface area contributed by atoms with E-state index in [-0.39, 0.29) is 12.6 Å². The molecule has 4 rings (SSSR count). The quantitative estimate of drug-likeness (QED) is 0.850. The van der Waals surface area contributed by atoms with Crippen molar-refractivity contribution in [1.29, 1.82) is 0 Å². The van der Waals surface area contributed by atoms with E-state index < -0.39 is 5.97 Å². The van der Waals surface area contributed by atoms with Crippen LogP contribution >= 0.6 is 0 Å². The van der Waals surface area contributed by atoms with Crippen molar-refractivity contribution in [3.63, 3.8) is 0 Å². The molecular weight excluding hydrogens is 350 g/mol. The third-order valence-corrected chi connectivity index (χ3v) is 5.37. The second-order valence-electron chi connectivity index (χ2n) is 7.36. The third-order valence-electron chi connectivity index (χ3n) is 5.37. The minimum Gasteiger partial charge on any atom is -0.480 e. The number of nitrogens with one attached hydrogen (secondary N) is 1. The number of anilines is 1. The Bertz CT molecular complexity index is 702. The molecule has 5 heteroatoms. The van der Waals surface area contributed by atoms with Gasteiger partial charge in [0.1, 0.15) is 0 Å². The molecule has 5 nitrogen and oxygen atoms in total. The highest BCUT2D eigenvalue weighted by Gasteiger charge is 2.25. The Morgan fingerprint density at radius 1 is 0.929 bits per heavy atom. The number of likely N-dealkylation sites (tertiary alicyclic amines) is 1. The number of hydrogen-bond donors (Lipinski definition) is 2. The number of rotatable bonds is 4. The van der Waals surface area contributed by atoms with Gasteiger partial charge in [0.05, 0.1) is 6.54 Å². The lowest BCUT2D eigenvalue weighted by Gasteiger charge is -2.34. The van der Waals surface area contributed by atoms with Crippen LogP contribution in [0.2, 0.25) is 0 Å². The summed E-state index contributed by atoms with van der Waals surface area (Å²) in [4.78, 5) is 15.3. The van der Waals surface area contributed by atoms with Gasteiger partial charge in [0.25, 0.3) is 0 Å². The van der Waals surface area contributed by atoms with E-state index in [0.29, 0.717) is 0 Å². The summed E-state index contributed by atoms with van der Waals surface area (Å²) < 4.78 is 0. The van der Waals surface area contributed by atoms with Crippen molar-refractivity contribution < 1.29 is 9.90 Å². The first-order valence-corrected chi connectivity index (χ1v) is 10.3. The highest BCUT2D eigenvalue weighted by atomic mass is 16.4. The molecule has 1 atom stereocenters. The van der Waals surface area contributed by atoms with Gasteiger partial charge in [-0.25, -0.2) is 0 Å². The summed E-state index contributed by atoms with van der Waals surface area (Å²) in [5.41, 5.74) is 2.59. The van der Waals surface area contributed by atoms with Crippen molar-refractivity contribution in [1.82, 2.24) is 10.2 Å². The fourth-order valence-electron chi connectivity index (χ4n) is 3.97. The number of carboxylic acid groups (broad SMARTS) is 1. The molecule has 0 spiro atoms. The Kier molecular flexibility index (Phi) is 7.88. The molecule has 1 unspecified atom stereocenters. The first-order chi connectivity index (χ1) is 13.7. The van der Waals surface area contributed by atoms with E-state index >= 15 is 0 Å². The molecule has 2 aliphatic heterocycles. The number of para-hydroxylation sites is 1. The third kappa shape index (κ3) is 6.08. The molecule has 0 aromatic heterocycles. The second-order valence-corrected chi connectivity index (χ2v) is 7.36. The van der Waals surface area contributed by atoms with E-state index in [2.05, 4.69) is 57.6 Å². The topological polar surface area (TPSA) is 55.8 Å². The van der Waals surface area contributed by atoms with Gasteiger partial charge in [0, 0.05) is 37.9 Å². The predicted molar refractivity (Wildman–Crippen MR) is 114 cm³/mol. The largest absolute Gasteiger partial charge is 0.480 e. The summed E-state index contributed by atoms with van der Waals surface area (Å²) in [5, 5.41) is 12.2. The maximum Gasteiger partial charge on any atom is 0.317 e. The van der Waals surface area contributed by atoms with Crippen LogP contribution < -0.4 is 10.2 Å². The average Bonchev–Trinajstić information content (AvgIpc) is 2.76. The van der Waals surface area contributed by atoms with Crippen LogP contribution in [0.25, 0.3) is 0 Å². The Balaban J connectivity index is 0.000000167. The summed E-state index contributed by atoms with van der Waals surface area (Å²) in [6.07, 6.45) is 3.36. The minimum atomic E-state index is -0.733. The molecule has 2 fully saturated rings. The standard InChI is InChI=1S/C13H17NO2.C10H14N2/c15-13(16)10-14-9-5-4-8-12(14)11-6-2-1-3-7-11;1-2-4-10(5-3-1)12-8-6-11-7-9-12/h1-3,6-7,12H,4-5,8-10H2,(H,15,16);1-5,11H,6-9H2. The van der Waals surface area contributed by atoms with Crippen LogP contribution in [-0.4, -0.2) is 55.2 Å². The van der Waals surface area contributed by atoms with Gasteiger partial charge in [0.2, 0.25) is 0 Å². The summed E-state index contributed by atoms with van der Waals surface area (Å²) in [5.74, 6) is -0.733. The molecule has 0 bridgehead atoms. The molecule has 2 heterocycles. The fourth-order valence-corrected chi connectivity index (χ4v) is 3.97.